The van der Waals surface area contributed by atoms with Crippen LogP contribution in [0.4, 0.5) is 0 Å². The van der Waals surface area contributed by atoms with Crippen molar-refractivity contribution < 1.29 is 9.53 Å². The predicted octanol–water partition coefficient (Wildman–Crippen LogP) is 2.69. The average Bonchev–Trinajstić information content (AvgIpc) is 1.94. The lowest BCUT2D eigenvalue weighted by molar-refractivity contribution is -0.156. The molecule has 2 atom stereocenters. The zero-order valence-corrected chi connectivity index (χ0v) is 9.76. The molecule has 0 heterocycles. The topological polar surface area (TPSA) is 26.3 Å². The van der Waals surface area contributed by atoms with Crippen molar-refractivity contribution in [3.63, 3.8) is 0 Å². The molecule has 0 bridgehead atoms. The minimum Gasteiger partial charge on any atom is -0.458 e. The number of ether oxygens (including phenoxy) is 1. The quantitative estimate of drug-likeness (QED) is 0.420. The maximum Gasteiger partial charge on any atom is 0.303 e. The maximum atomic E-state index is 10.8. The van der Waals surface area contributed by atoms with E-state index in [2.05, 4.69) is 22.6 Å². The third kappa shape index (κ3) is 2.34. The van der Waals surface area contributed by atoms with E-state index >= 15 is 0 Å². The highest BCUT2D eigenvalue weighted by Crippen LogP contribution is 2.36. The summed E-state index contributed by atoms with van der Waals surface area (Å²) in [6.07, 6.45) is 4.64. The van der Waals surface area contributed by atoms with Crippen LogP contribution in [0.5, 0.6) is 0 Å². The number of carbonyl (C=O) groups excluding carboxylic acids is 1. The summed E-state index contributed by atoms with van der Waals surface area (Å²) in [6.45, 7) is 3.54. The van der Waals surface area contributed by atoms with Gasteiger partial charge in [0, 0.05) is 6.92 Å². The van der Waals surface area contributed by atoms with Gasteiger partial charge in [0.05, 0.1) is 3.92 Å². The number of hydrogen-bond acceptors (Lipinski definition) is 2. The number of rotatable bonds is 1. The standard InChI is InChI=1S/C9H15IO2/c1-7(11)12-9(2)6-4-3-5-8(9)10/h8H,3-6H2,1-2H3/t8-,9-/m0/s1. The lowest BCUT2D eigenvalue weighted by atomic mass is 9.86. The highest BCUT2D eigenvalue weighted by Gasteiger charge is 2.37. The van der Waals surface area contributed by atoms with Crippen LogP contribution in [0, 0.1) is 0 Å². The molecule has 1 saturated carbocycles. The molecule has 0 spiro atoms. The van der Waals surface area contributed by atoms with Crippen molar-refractivity contribution in [2.45, 2.75) is 49.1 Å². The largest absolute Gasteiger partial charge is 0.458 e. The van der Waals surface area contributed by atoms with E-state index in [-0.39, 0.29) is 11.6 Å². The first kappa shape index (κ1) is 10.3. The first-order chi connectivity index (χ1) is 5.54. The second-order valence-electron chi connectivity index (χ2n) is 3.62. The summed E-state index contributed by atoms with van der Waals surface area (Å²) < 4.78 is 5.82. The zero-order valence-electron chi connectivity index (χ0n) is 7.60. The smallest absolute Gasteiger partial charge is 0.303 e. The third-order valence-electron chi connectivity index (χ3n) is 2.42. The molecule has 0 radical (unpaired) electrons. The minimum atomic E-state index is -0.204. The van der Waals surface area contributed by atoms with E-state index < -0.39 is 0 Å². The van der Waals surface area contributed by atoms with Crippen LogP contribution < -0.4 is 0 Å². The van der Waals surface area contributed by atoms with Crippen molar-refractivity contribution >= 4 is 28.6 Å². The van der Waals surface area contributed by atoms with E-state index in [4.69, 9.17) is 4.74 Å². The van der Waals surface area contributed by atoms with E-state index in [0.717, 1.165) is 6.42 Å². The first-order valence-corrected chi connectivity index (χ1v) is 5.63. The summed E-state index contributed by atoms with van der Waals surface area (Å²) in [5, 5.41) is 0. The molecule has 0 aromatic rings. The Morgan fingerprint density at radius 1 is 1.58 bits per heavy atom. The van der Waals surface area contributed by atoms with Crippen molar-refractivity contribution in [2.75, 3.05) is 0 Å². The highest BCUT2D eigenvalue weighted by molar-refractivity contribution is 14.1. The average molecular weight is 282 g/mol. The summed E-state index contributed by atoms with van der Waals surface area (Å²) in [4.78, 5) is 10.8. The van der Waals surface area contributed by atoms with Gasteiger partial charge in [0.1, 0.15) is 5.60 Å². The Balaban J connectivity index is 2.59. The number of alkyl halides is 1. The third-order valence-corrected chi connectivity index (χ3v) is 4.36. The Morgan fingerprint density at radius 3 is 2.75 bits per heavy atom. The van der Waals surface area contributed by atoms with E-state index in [1.54, 1.807) is 0 Å². The molecule has 2 nitrogen and oxygen atoms in total. The fraction of sp³-hybridized carbons (Fsp3) is 0.889. The lowest BCUT2D eigenvalue weighted by Crippen LogP contribution is -2.42. The summed E-state index contributed by atoms with van der Waals surface area (Å²) in [5.74, 6) is -0.152. The fourth-order valence-electron chi connectivity index (χ4n) is 1.70. The van der Waals surface area contributed by atoms with Crippen LogP contribution >= 0.6 is 22.6 Å². The number of halogens is 1. The minimum absolute atomic E-state index is 0.152. The van der Waals surface area contributed by atoms with Crippen LogP contribution in [-0.4, -0.2) is 15.5 Å². The summed E-state index contributed by atoms with van der Waals surface area (Å²) in [6, 6.07) is 0. The molecule has 3 heteroatoms. The molecular weight excluding hydrogens is 267 g/mol. The van der Waals surface area contributed by atoms with Gasteiger partial charge in [-0.1, -0.05) is 29.0 Å². The van der Waals surface area contributed by atoms with Crippen molar-refractivity contribution in [2.24, 2.45) is 0 Å². The Bertz CT molecular complexity index is 181. The van der Waals surface area contributed by atoms with Gasteiger partial charge in [-0.05, 0) is 26.2 Å². The molecule has 0 amide bonds. The van der Waals surface area contributed by atoms with Gasteiger partial charge in [0.15, 0.2) is 0 Å². The fourth-order valence-corrected chi connectivity index (χ4v) is 2.58. The van der Waals surface area contributed by atoms with Gasteiger partial charge in [-0.3, -0.25) is 4.79 Å². The van der Waals surface area contributed by atoms with Crippen molar-refractivity contribution in [3.05, 3.63) is 0 Å². The maximum absolute atomic E-state index is 10.8. The van der Waals surface area contributed by atoms with E-state index in [9.17, 15) is 4.79 Å². The second kappa shape index (κ2) is 3.94. The molecule has 0 aliphatic heterocycles. The van der Waals surface area contributed by atoms with Crippen molar-refractivity contribution in [1.29, 1.82) is 0 Å². The van der Waals surface area contributed by atoms with Gasteiger partial charge >= 0.3 is 5.97 Å². The summed E-state index contributed by atoms with van der Waals surface area (Å²) >= 11 is 2.39. The highest BCUT2D eigenvalue weighted by atomic mass is 127. The molecule has 1 fully saturated rings. The predicted molar refractivity (Wildman–Crippen MR) is 56.4 cm³/mol. The Hall–Kier alpha value is 0.200. The van der Waals surface area contributed by atoms with Gasteiger partial charge in [-0.25, -0.2) is 0 Å². The molecule has 0 unspecified atom stereocenters. The van der Waals surface area contributed by atoms with E-state index in [1.807, 2.05) is 6.92 Å². The van der Waals surface area contributed by atoms with Gasteiger partial charge in [-0.15, -0.1) is 0 Å². The molecule has 70 valence electrons. The molecule has 0 saturated heterocycles. The van der Waals surface area contributed by atoms with Crippen LogP contribution in [-0.2, 0) is 9.53 Å². The Kier molecular flexibility index (Phi) is 3.37. The molecule has 12 heavy (non-hydrogen) atoms. The number of esters is 1. The second-order valence-corrected chi connectivity index (χ2v) is 5.12. The molecule has 1 aliphatic carbocycles. The van der Waals surface area contributed by atoms with Crippen LogP contribution in [0.25, 0.3) is 0 Å². The monoisotopic (exact) mass is 282 g/mol. The molecule has 0 aromatic heterocycles. The first-order valence-electron chi connectivity index (χ1n) is 4.38. The number of hydrogen-bond donors (Lipinski definition) is 0. The van der Waals surface area contributed by atoms with Crippen LogP contribution in [0.15, 0.2) is 0 Å². The normalized spacial score (nSPS) is 36.1. The van der Waals surface area contributed by atoms with Crippen molar-refractivity contribution in [1.82, 2.24) is 0 Å². The Morgan fingerprint density at radius 2 is 2.25 bits per heavy atom. The zero-order chi connectivity index (χ0) is 9.19. The van der Waals surface area contributed by atoms with Crippen molar-refractivity contribution in [3.8, 4) is 0 Å². The van der Waals surface area contributed by atoms with Gasteiger partial charge < -0.3 is 4.74 Å². The Labute approximate surface area is 87.2 Å². The number of carbonyl (C=O) groups is 1. The summed E-state index contributed by atoms with van der Waals surface area (Å²) in [5.41, 5.74) is -0.204. The van der Waals surface area contributed by atoms with Crippen LogP contribution in [0.2, 0.25) is 0 Å². The molecule has 0 N–H and O–H groups in total. The lowest BCUT2D eigenvalue weighted by Gasteiger charge is -2.37. The molecule has 1 aliphatic rings. The van der Waals surface area contributed by atoms with Gasteiger partial charge in [0.25, 0.3) is 0 Å². The van der Waals surface area contributed by atoms with Gasteiger partial charge in [-0.2, -0.15) is 0 Å². The SMILES string of the molecule is CC(=O)O[C@@]1(C)CCCC[C@@H]1I. The molecular formula is C9H15IO2. The van der Waals surface area contributed by atoms with Crippen LogP contribution in [0.3, 0.4) is 0 Å². The summed E-state index contributed by atoms with van der Waals surface area (Å²) in [7, 11) is 0. The van der Waals surface area contributed by atoms with Gasteiger partial charge in [0.2, 0.25) is 0 Å². The molecule has 1 rings (SSSR count). The molecule has 0 aromatic carbocycles. The van der Waals surface area contributed by atoms with Crippen LogP contribution in [0.1, 0.15) is 39.5 Å². The van der Waals surface area contributed by atoms with E-state index in [0.29, 0.717) is 3.92 Å². The van der Waals surface area contributed by atoms with E-state index in [1.165, 1.54) is 26.2 Å².